The Morgan fingerprint density at radius 2 is 1.83 bits per heavy atom. The van der Waals surface area contributed by atoms with E-state index in [4.69, 9.17) is 34.8 Å². The Bertz CT molecular complexity index is 223. The van der Waals surface area contributed by atoms with Gasteiger partial charge in [0.15, 0.2) is 0 Å². The Balaban J connectivity index is 4.68. The molecule has 0 rings (SSSR count). The van der Waals surface area contributed by atoms with E-state index in [0.29, 0.717) is 5.71 Å². The van der Waals surface area contributed by atoms with E-state index in [2.05, 4.69) is 18.2 Å². The summed E-state index contributed by atoms with van der Waals surface area (Å²) in [7, 11) is 0. The van der Waals surface area contributed by atoms with Gasteiger partial charge >= 0.3 is 0 Å². The monoisotopic (exact) mass is 223 g/mol. The summed E-state index contributed by atoms with van der Waals surface area (Å²) < 4.78 is -1.52. The van der Waals surface area contributed by atoms with Gasteiger partial charge in [0.05, 0.1) is 5.71 Å². The molecule has 0 spiro atoms. The second kappa shape index (κ2) is 5.41. The molecule has 12 heavy (non-hydrogen) atoms. The van der Waals surface area contributed by atoms with Crippen LogP contribution in [0.1, 0.15) is 0 Å². The molecule has 0 bridgehead atoms. The predicted molar refractivity (Wildman–Crippen MR) is 57.3 cm³/mol. The minimum Gasteiger partial charge on any atom is -0.257 e. The Hall–Kier alpha value is -0.240. The van der Waals surface area contributed by atoms with Crippen molar-refractivity contribution in [3.05, 3.63) is 37.6 Å². The molecule has 0 aliphatic heterocycles. The number of alkyl halides is 3. The Morgan fingerprint density at radius 3 is 2.17 bits per heavy atom. The van der Waals surface area contributed by atoms with Crippen molar-refractivity contribution in [2.75, 3.05) is 0 Å². The van der Waals surface area contributed by atoms with Crippen molar-refractivity contribution >= 4 is 40.5 Å². The first kappa shape index (κ1) is 11.8. The molecule has 0 N–H and O–H groups in total. The largest absolute Gasteiger partial charge is 0.257 e. The molecule has 0 aromatic heterocycles. The van der Waals surface area contributed by atoms with Crippen LogP contribution in [0.15, 0.2) is 42.6 Å². The minimum atomic E-state index is -1.52. The van der Waals surface area contributed by atoms with Crippen LogP contribution in [0.2, 0.25) is 0 Å². The minimum absolute atomic E-state index is 0.308. The second-order valence-electron chi connectivity index (χ2n) is 1.79. The third-order valence-corrected chi connectivity index (χ3v) is 1.49. The van der Waals surface area contributed by atoms with E-state index >= 15 is 0 Å². The third-order valence-electron chi connectivity index (χ3n) is 0.911. The molecule has 66 valence electrons. The van der Waals surface area contributed by atoms with Gasteiger partial charge in [-0.15, -0.1) is 0 Å². The molecule has 1 nitrogen and oxygen atoms in total. The fourth-order valence-corrected chi connectivity index (χ4v) is 0.804. The number of aliphatic imine (C=N–C) groups is 1. The van der Waals surface area contributed by atoms with E-state index in [1.54, 1.807) is 18.2 Å². The van der Waals surface area contributed by atoms with Crippen molar-refractivity contribution in [1.29, 1.82) is 0 Å². The van der Waals surface area contributed by atoms with Crippen LogP contribution in [0.3, 0.4) is 0 Å². The molecule has 0 fully saturated rings. The molecule has 0 amide bonds. The molecule has 0 heterocycles. The van der Waals surface area contributed by atoms with E-state index in [9.17, 15) is 0 Å². The van der Waals surface area contributed by atoms with Crippen LogP contribution in [-0.2, 0) is 0 Å². The van der Waals surface area contributed by atoms with Gasteiger partial charge in [0.1, 0.15) is 0 Å². The molecule has 0 aliphatic carbocycles. The SMILES string of the molecule is C=C/C=C\C(=N/C=C)C(Cl)(Cl)Cl. The summed E-state index contributed by atoms with van der Waals surface area (Å²) in [5, 5.41) is 0. The van der Waals surface area contributed by atoms with Crippen LogP contribution in [0.25, 0.3) is 0 Å². The average molecular weight is 225 g/mol. The Labute approximate surface area is 87.0 Å². The zero-order valence-electron chi connectivity index (χ0n) is 6.30. The third kappa shape index (κ3) is 4.60. The van der Waals surface area contributed by atoms with Crippen LogP contribution < -0.4 is 0 Å². The Kier molecular flexibility index (Phi) is 5.31. The van der Waals surface area contributed by atoms with Gasteiger partial charge in [-0.2, -0.15) is 0 Å². The summed E-state index contributed by atoms with van der Waals surface area (Å²) in [4.78, 5) is 3.78. The van der Waals surface area contributed by atoms with Crippen molar-refractivity contribution in [2.24, 2.45) is 4.99 Å². The number of rotatable bonds is 3. The maximum absolute atomic E-state index is 5.58. The van der Waals surface area contributed by atoms with Crippen molar-refractivity contribution < 1.29 is 0 Å². The summed E-state index contributed by atoms with van der Waals surface area (Å²) in [6.07, 6.45) is 6.06. The topological polar surface area (TPSA) is 12.4 Å². The second-order valence-corrected chi connectivity index (χ2v) is 4.07. The van der Waals surface area contributed by atoms with E-state index in [-0.39, 0.29) is 0 Å². The van der Waals surface area contributed by atoms with Gasteiger partial charge < -0.3 is 0 Å². The van der Waals surface area contributed by atoms with E-state index < -0.39 is 3.79 Å². The lowest BCUT2D eigenvalue weighted by molar-refractivity contribution is 1.47. The summed E-state index contributed by atoms with van der Waals surface area (Å²) in [5.41, 5.74) is 0.308. The van der Waals surface area contributed by atoms with Crippen molar-refractivity contribution in [3.63, 3.8) is 0 Å². The van der Waals surface area contributed by atoms with Crippen LogP contribution in [0.5, 0.6) is 0 Å². The standard InChI is InChI=1S/C8H8Cl3N/c1-3-5-6-7(12-4-2)8(9,10)11/h3-6H,1-2H2/b6-5-,12-7+. The van der Waals surface area contributed by atoms with Crippen molar-refractivity contribution in [2.45, 2.75) is 3.79 Å². The van der Waals surface area contributed by atoms with Gasteiger partial charge in [-0.3, -0.25) is 4.99 Å². The first-order chi connectivity index (χ1) is 5.52. The molecule has 4 heteroatoms. The number of nitrogens with zero attached hydrogens (tertiary/aromatic N) is 1. The van der Waals surface area contributed by atoms with Crippen molar-refractivity contribution in [1.82, 2.24) is 0 Å². The lowest BCUT2D eigenvalue weighted by Gasteiger charge is -2.09. The van der Waals surface area contributed by atoms with Gasteiger partial charge in [0, 0.05) is 6.20 Å². The quantitative estimate of drug-likeness (QED) is 0.394. The number of hydrogen-bond donors (Lipinski definition) is 0. The van der Waals surface area contributed by atoms with Gasteiger partial charge in [0.25, 0.3) is 0 Å². The zero-order chi connectivity index (χ0) is 9.61. The van der Waals surface area contributed by atoms with Gasteiger partial charge in [-0.05, 0) is 6.08 Å². The maximum atomic E-state index is 5.58. The molecule has 0 aromatic carbocycles. The number of halogens is 3. The number of allylic oxidation sites excluding steroid dienone is 3. The first-order valence-electron chi connectivity index (χ1n) is 3.07. The van der Waals surface area contributed by atoms with Gasteiger partial charge in [0.2, 0.25) is 3.79 Å². The van der Waals surface area contributed by atoms with Crippen LogP contribution >= 0.6 is 34.8 Å². The lowest BCUT2D eigenvalue weighted by Crippen LogP contribution is -2.15. The molecule has 0 unspecified atom stereocenters. The van der Waals surface area contributed by atoms with E-state index in [1.807, 2.05) is 0 Å². The summed E-state index contributed by atoms with van der Waals surface area (Å²) >= 11 is 16.7. The highest BCUT2D eigenvalue weighted by molar-refractivity contribution is 6.77. The Morgan fingerprint density at radius 1 is 1.25 bits per heavy atom. The highest BCUT2D eigenvalue weighted by Gasteiger charge is 2.24. The van der Waals surface area contributed by atoms with Gasteiger partial charge in [-0.1, -0.05) is 60.1 Å². The molecule has 0 aliphatic rings. The first-order valence-corrected chi connectivity index (χ1v) is 4.20. The van der Waals surface area contributed by atoms with Crippen LogP contribution in [0.4, 0.5) is 0 Å². The van der Waals surface area contributed by atoms with E-state index in [1.165, 1.54) is 6.20 Å². The highest BCUT2D eigenvalue weighted by Crippen LogP contribution is 2.28. The molecule has 0 aromatic rings. The molecule has 0 saturated carbocycles. The number of hydrogen-bond acceptors (Lipinski definition) is 1. The molecule has 0 saturated heterocycles. The molecular formula is C8H8Cl3N. The fraction of sp³-hybridized carbons (Fsp3) is 0.125. The van der Waals surface area contributed by atoms with Crippen LogP contribution in [-0.4, -0.2) is 9.50 Å². The maximum Gasteiger partial charge on any atom is 0.232 e. The molecule has 0 radical (unpaired) electrons. The predicted octanol–water partition coefficient (Wildman–Crippen LogP) is 3.68. The summed E-state index contributed by atoms with van der Waals surface area (Å²) in [6.45, 7) is 6.88. The highest BCUT2D eigenvalue weighted by atomic mass is 35.6. The summed E-state index contributed by atoms with van der Waals surface area (Å²) in [5.74, 6) is 0. The van der Waals surface area contributed by atoms with Crippen LogP contribution in [0, 0.1) is 0 Å². The van der Waals surface area contributed by atoms with Gasteiger partial charge in [-0.25, -0.2) is 0 Å². The molecular weight excluding hydrogens is 216 g/mol. The zero-order valence-corrected chi connectivity index (χ0v) is 8.57. The average Bonchev–Trinajstić information content (AvgIpc) is 1.95. The lowest BCUT2D eigenvalue weighted by atomic mass is 10.3. The fourth-order valence-electron chi connectivity index (χ4n) is 0.468. The van der Waals surface area contributed by atoms with Crippen molar-refractivity contribution in [3.8, 4) is 0 Å². The normalized spacial score (nSPS) is 13.4. The van der Waals surface area contributed by atoms with E-state index in [0.717, 1.165) is 0 Å². The molecule has 0 atom stereocenters. The smallest absolute Gasteiger partial charge is 0.232 e. The summed E-state index contributed by atoms with van der Waals surface area (Å²) in [6, 6.07) is 0.